The van der Waals surface area contributed by atoms with Crippen LogP contribution in [0.25, 0.3) is 0 Å². The maximum absolute atomic E-state index is 12.2. The van der Waals surface area contributed by atoms with E-state index < -0.39 is 0 Å². The molecule has 2 saturated carbocycles. The van der Waals surface area contributed by atoms with E-state index in [1.165, 1.54) is 24.8 Å². The molecule has 0 amide bonds. The van der Waals surface area contributed by atoms with E-state index >= 15 is 0 Å². The average molecular weight is 204 g/mol. The summed E-state index contributed by atoms with van der Waals surface area (Å²) in [5.74, 6) is 0.769. The number of hydrogen-bond acceptors (Lipinski definition) is 1. The highest BCUT2D eigenvalue weighted by molar-refractivity contribution is 5.99. The van der Waals surface area contributed by atoms with Crippen LogP contribution >= 0.6 is 0 Å². The number of allylic oxidation sites excluding steroid dienone is 2. The first-order valence-corrected chi connectivity index (χ1v) is 6.14. The standard InChI is InChI=1S/C14H20O/c1-9-8-12(3)6-5-7-14(12)10(2)11(15)13(9,14)4/h8,10H,5-7H2,1-4H3/t10-,12+,13-,14-/m1/s1. The molecule has 1 nitrogen and oxygen atoms in total. The van der Waals surface area contributed by atoms with Crippen LogP contribution < -0.4 is 0 Å². The second-order valence-corrected chi connectivity index (χ2v) is 6.28. The number of ketones is 1. The molecule has 0 aromatic carbocycles. The van der Waals surface area contributed by atoms with Crippen molar-refractivity contribution in [3.05, 3.63) is 11.6 Å². The lowest BCUT2D eigenvalue weighted by Crippen LogP contribution is -2.65. The van der Waals surface area contributed by atoms with E-state index in [2.05, 4.69) is 33.8 Å². The van der Waals surface area contributed by atoms with Crippen molar-refractivity contribution in [2.75, 3.05) is 0 Å². The van der Waals surface area contributed by atoms with Crippen LogP contribution in [0, 0.1) is 22.2 Å². The van der Waals surface area contributed by atoms with Gasteiger partial charge in [0.1, 0.15) is 5.78 Å². The Kier molecular flexibility index (Phi) is 1.43. The van der Waals surface area contributed by atoms with E-state index in [4.69, 9.17) is 0 Å². The predicted molar refractivity (Wildman–Crippen MR) is 60.4 cm³/mol. The molecule has 2 fully saturated rings. The number of carbonyl (C=O) groups is 1. The lowest BCUT2D eigenvalue weighted by molar-refractivity contribution is -0.175. The Balaban J connectivity index is 2.24. The zero-order chi connectivity index (χ0) is 11.1. The van der Waals surface area contributed by atoms with Gasteiger partial charge >= 0.3 is 0 Å². The normalized spacial score (nSPS) is 57.2. The zero-order valence-corrected chi connectivity index (χ0v) is 10.2. The Hall–Kier alpha value is -0.590. The van der Waals surface area contributed by atoms with E-state index in [0.29, 0.717) is 11.2 Å². The summed E-state index contributed by atoms with van der Waals surface area (Å²) in [6.07, 6.45) is 6.24. The van der Waals surface area contributed by atoms with Gasteiger partial charge in [0.25, 0.3) is 0 Å². The number of rotatable bonds is 0. The summed E-state index contributed by atoms with van der Waals surface area (Å²) in [6.45, 7) is 8.88. The van der Waals surface area contributed by atoms with Crippen LogP contribution in [0.4, 0.5) is 0 Å². The van der Waals surface area contributed by atoms with Crippen LogP contribution in [0.1, 0.15) is 47.0 Å². The molecule has 3 aliphatic carbocycles. The molecule has 0 aromatic heterocycles. The molecule has 0 N–H and O–H groups in total. The van der Waals surface area contributed by atoms with Crippen LogP contribution in [-0.4, -0.2) is 5.78 Å². The summed E-state index contributed by atoms with van der Waals surface area (Å²) in [4.78, 5) is 12.2. The third kappa shape index (κ3) is 0.636. The van der Waals surface area contributed by atoms with Gasteiger partial charge in [-0.2, -0.15) is 0 Å². The first kappa shape index (κ1) is 9.62. The minimum atomic E-state index is -0.113. The third-order valence-electron chi connectivity index (χ3n) is 6.13. The second-order valence-electron chi connectivity index (χ2n) is 6.28. The van der Waals surface area contributed by atoms with Gasteiger partial charge in [-0.1, -0.05) is 31.9 Å². The summed E-state index contributed by atoms with van der Waals surface area (Å²) in [5.41, 5.74) is 1.81. The monoisotopic (exact) mass is 204 g/mol. The highest BCUT2D eigenvalue weighted by Gasteiger charge is 2.77. The number of Topliss-reactive ketones (excluding diaryl/α,β-unsaturated/α-hetero) is 1. The van der Waals surface area contributed by atoms with Gasteiger partial charge in [-0.25, -0.2) is 0 Å². The molecule has 3 aliphatic rings. The van der Waals surface area contributed by atoms with Gasteiger partial charge in [0.15, 0.2) is 0 Å². The van der Waals surface area contributed by atoms with Crippen molar-refractivity contribution in [3.8, 4) is 0 Å². The van der Waals surface area contributed by atoms with E-state index in [0.717, 1.165) is 0 Å². The second kappa shape index (κ2) is 2.23. The Labute approximate surface area is 91.9 Å². The largest absolute Gasteiger partial charge is 0.298 e. The van der Waals surface area contributed by atoms with Crippen LogP contribution in [0.2, 0.25) is 0 Å². The predicted octanol–water partition coefficient (Wildman–Crippen LogP) is 3.35. The van der Waals surface area contributed by atoms with Crippen molar-refractivity contribution >= 4 is 5.78 Å². The van der Waals surface area contributed by atoms with Crippen molar-refractivity contribution in [1.29, 1.82) is 0 Å². The molecule has 1 heteroatoms. The van der Waals surface area contributed by atoms with E-state index in [9.17, 15) is 4.79 Å². The van der Waals surface area contributed by atoms with Gasteiger partial charge < -0.3 is 0 Å². The van der Waals surface area contributed by atoms with Gasteiger partial charge in [0.2, 0.25) is 0 Å². The summed E-state index contributed by atoms with van der Waals surface area (Å²) < 4.78 is 0. The summed E-state index contributed by atoms with van der Waals surface area (Å²) in [5, 5.41) is 0. The van der Waals surface area contributed by atoms with Gasteiger partial charge in [0.05, 0.1) is 5.41 Å². The van der Waals surface area contributed by atoms with E-state index in [1.807, 2.05) is 0 Å². The van der Waals surface area contributed by atoms with Gasteiger partial charge in [-0.15, -0.1) is 0 Å². The fourth-order valence-electron chi connectivity index (χ4n) is 5.38. The first-order valence-electron chi connectivity index (χ1n) is 6.14. The molecule has 1 spiro atoms. The zero-order valence-electron chi connectivity index (χ0n) is 10.2. The highest BCUT2D eigenvalue weighted by atomic mass is 16.1. The molecular weight excluding hydrogens is 184 g/mol. The maximum atomic E-state index is 12.2. The quantitative estimate of drug-likeness (QED) is 0.553. The number of carbonyl (C=O) groups excluding carboxylic acids is 1. The van der Waals surface area contributed by atoms with E-state index in [1.54, 1.807) is 0 Å². The molecule has 0 saturated heterocycles. The van der Waals surface area contributed by atoms with Crippen molar-refractivity contribution in [2.45, 2.75) is 47.0 Å². The van der Waals surface area contributed by atoms with Crippen molar-refractivity contribution < 1.29 is 4.79 Å². The molecule has 3 rings (SSSR count). The minimum absolute atomic E-state index is 0.113. The van der Waals surface area contributed by atoms with Crippen molar-refractivity contribution in [2.24, 2.45) is 22.2 Å². The van der Waals surface area contributed by atoms with Crippen LogP contribution in [0.15, 0.2) is 11.6 Å². The molecule has 0 aliphatic heterocycles. The van der Waals surface area contributed by atoms with Crippen molar-refractivity contribution in [3.63, 3.8) is 0 Å². The molecule has 4 atom stereocenters. The number of hydrogen-bond donors (Lipinski definition) is 0. The molecule has 0 heterocycles. The van der Waals surface area contributed by atoms with Crippen LogP contribution in [-0.2, 0) is 4.79 Å². The molecule has 0 unspecified atom stereocenters. The fourth-order valence-corrected chi connectivity index (χ4v) is 5.38. The molecule has 15 heavy (non-hydrogen) atoms. The Bertz CT molecular complexity index is 394. The molecule has 82 valence electrons. The molecule has 0 radical (unpaired) electrons. The fraction of sp³-hybridized carbons (Fsp3) is 0.786. The minimum Gasteiger partial charge on any atom is -0.298 e. The maximum Gasteiger partial charge on any atom is 0.146 e. The Morgan fingerprint density at radius 2 is 2.00 bits per heavy atom. The average Bonchev–Trinajstić information content (AvgIpc) is 2.60. The molecule has 0 bridgehead atoms. The summed E-state index contributed by atoms with van der Waals surface area (Å²) in [6, 6.07) is 0. The smallest absolute Gasteiger partial charge is 0.146 e. The molecular formula is C14H20O. The lowest BCUT2D eigenvalue weighted by Gasteiger charge is -2.61. The van der Waals surface area contributed by atoms with Gasteiger partial charge in [0, 0.05) is 11.3 Å². The first-order chi connectivity index (χ1) is 6.90. The Morgan fingerprint density at radius 1 is 1.33 bits per heavy atom. The topological polar surface area (TPSA) is 17.1 Å². The van der Waals surface area contributed by atoms with E-state index in [-0.39, 0.29) is 16.7 Å². The third-order valence-corrected chi connectivity index (χ3v) is 6.13. The summed E-state index contributed by atoms with van der Waals surface area (Å²) in [7, 11) is 0. The van der Waals surface area contributed by atoms with Crippen LogP contribution in [0.5, 0.6) is 0 Å². The SMILES string of the molecule is CC1=C[C@]2(C)CCC[C@@]23[C@H](C)C(=O)[C@@]13C. The van der Waals surface area contributed by atoms with Gasteiger partial charge in [-0.05, 0) is 32.1 Å². The highest BCUT2D eigenvalue weighted by Crippen LogP contribution is 2.78. The Morgan fingerprint density at radius 3 is 2.67 bits per heavy atom. The lowest BCUT2D eigenvalue weighted by atomic mass is 9.39. The van der Waals surface area contributed by atoms with Crippen LogP contribution in [0.3, 0.4) is 0 Å². The van der Waals surface area contributed by atoms with Gasteiger partial charge in [-0.3, -0.25) is 4.79 Å². The van der Waals surface area contributed by atoms with Crippen molar-refractivity contribution in [1.82, 2.24) is 0 Å². The summed E-state index contributed by atoms with van der Waals surface area (Å²) >= 11 is 0. The molecule has 0 aromatic rings.